The smallest absolute Gasteiger partial charge is 0.335 e. The van der Waals surface area contributed by atoms with Gasteiger partial charge in [-0.05, 0) is 95.0 Å². The van der Waals surface area contributed by atoms with Crippen molar-refractivity contribution in [2.45, 2.75) is 33.3 Å². The van der Waals surface area contributed by atoms with E-state index in [2.05, 4.69) is 28.2 Å². The number of imide groups is 2. The van der Waals surface area contributed by atoms with E-state index in [0.29, 0.717) is 46.1 Å². The quantitative estimate of drug-likeness (QED) is 0.0817. The summed E-state index contributed by atoms with van der Waals surface area (Å²) >= 11 is 3.47. The summed E-state index contributed by atoms with van der Waals surface area (Å²) in [4.78, 5) is 50.0. The van der Waals surface area contributed by atoms with Gasteiger partial charge in [-0.25, -0.2) is 9.69 Å². The summed E-state index contributed by atoms with van der Waals surface area (Å²) in [7, 11) is 0. The molecule has 1 aliphatic heterocycles. The number of anilines is 1. The van der Waals surface area contributed by atoms with Crippen molar-refractivity contribution in [1.82, 2.24) is 5.32 Å². The molecule has 3 aromatic carbocycles. The Balaban J connectivity index is 1.57. The third-order valence-electron chi connectivity index (χ3n) is 6.14. The summed E-state index contributed by atoms with van der Waals surface area (Å²) in [6, 6.07) is 14.8. The minimum Gasteiger partial charge on any atom is -0.494 e. The van der Waals surface area contributed by atoms with E-state index in [4.69, 9.17) is 14.2 Å². The van der Waals surface area contributed by atoms with Gasteiger partial charge in [0, 0.05) is 12.1 Å². The van der Waals surface area contributed by atoms with Crippen LogP contribution in [-0.2, 0) is 16.2 Å². The van der Waals surface area contributed by atoms with Crippen LogP contribution in [0.2, 0.25) is 0 Å². The van der Waals surface area contributed by atoms with Crippen LogP contribution in [0.4, 0.5) is 16.2 Å². The van der Waals surface area contributed by atoms with E-state index < -0.39 is 22.8 Å². The van der Waals surface area contributed by atoms with Gasteiger partial charge in [-0.1, -0.05) is 13.3 Å². The summed E-state index contributed by atoms with van der Waals surface area (Å²) in [6.45, 7) is 4.82. The maximum atomic E-state index is 13.4. The molecule has 1 N–H and O–H groups in total. The maximum absolute atomic E-state index is 13.4. The summed E-state index contributed by atoms with van der Waals surface area (Å²) in [5.41, 5.74) is 1.16. The number of ether oxygens (including phenoxy) is 3. The molecular formula is C30H28BrN3O8. The van der Waals surface area contributed by atoms with Crippen LogP contribution in [0.25, 0.3) is 6.08 Å². The Hall–Kier alpha value is -4.71. The fraction of sp³-hybridized carbons (Fsp3) is 0.233. The Morgan fingerprint density at radius 2 is 1.69 bits per heavy atom. The lowest BCUT2D eigenvalue weighted by molar-refractivity contribution is -0.384. The number of nitrogens with zero attached hydrogens (tertiary/aromatic N) is 2. The molecule has 0 bridgehead atoms. The Morgan fingerprint density at radius 3 is 2.33 bits per heavy atom. The number of non-ortho nitro benzene ring substituents is 1. The van der Waals surface area contributed by atoms with Gasteiger partial charge in [0.05, 0.1) is 28.3 Å². The number of nitro benzene ring substituents is 1. The van der Waals surface area contributed by atoms with Gasteiger partial charge >= 0.3 is 6.03 Å². The van der Waals surface area contributed by atoms with Crippen LogP contribution in [0.5, 0.6) is 17.2 Å². The molecule has 218 valence electrons. The molecule has 1 fully saturated rings. The number of barbiturate groups is 1. The number of carbonyl (C=O) groups is 3. The highest BCUT2D eigenvalue weighted by Crippen LogP contribution is 2.38. The number of unbranched alkanes of at least 4 members (excludes halogenated alkanes) is 1. The molecule has 0 unspecified atom stereocenters. The lowest BCUT2D eigenvalue weighted by Crippen LogP contribution is -2.54. The molecule has 0 radical (unpaired) electrons. The molecule has 11 nitrogen and oxygen atoms in total. The average molecular weight is 638 g/mol. The van der Waals surface area contributed by atoms with Crippen molar-refractivity contribution >= 4 is 51.2 Å². The molecular weight excluding hydrogens is 610 g/mol. The Labute approximate surface area is 250 Å². The zero-order chi connectivity index (χ0) is 30.2. The van der Waals surface area contributed by atoms with Crippen molar-refractivity contribution in [2.24, 2.45) is 0 Å². The van der Waals surface area contributed by atoms with Crippen molar-refractivity contribution < 1.29 is 33.5 Å². The summed E-state index contributed by atoms with van der Waals surface area (Å²) in [5.74, 6) is -0.289. The van der Waals surface area contributed by atoms with E-state index >= 15 is 0 Å². The average Bonchev–Trinajstić information content (AvgIpc) is 2.96. The highest BCUT2D eigenvalue weighted by Gasteiger charge is 2.37. The van der Waals surface area contributed by atoms with Gasteiger partial charge in [-0.15, -0.1) is 0 Å². The summed E-state index contributed by atoms with van der Waals surface area (Å²) in [6.07, 6.45) is 3.26. The summed E-state index contributed by atoms with van der Waals surface area (Å²) < 4.78 is 17.8. The molecule has 0 spiro atoms. The number of benzene rings is 3. The van der Waals surface area contributed by atoms with Gasteiger partial charge in [-0.2, -0.15) is 0 Å². The second kappa shape index (κ2) is 13.8. The molecule has 1 saturated heterocycles. The van der Waals surface area contributed by atoms with E-state index in [1.807, 2.05) is 0 Å². The van der Waals surface area contributed by atoms with Crippen LogP contribution in [0, 0.1) is 10.1 Å². The highest BCUT2D eigenvalue weighted by atomic mass is 79.9. The van der Waals surface area contributed by atoms with Gasteiger partial charge < -0.3 is 14.2 Å². The minimum absolute atomic E-state index is 0.0256. The maximum Gasteiger partial charge on any atom is 0.335 e. The van der Waals surface area contributed by atoms with E-state index in [9.17, 15) is 24.5 Å². The number of nitro groups is 1. The molecule has 1 heterocycles. The number of amides is 4. The fourth-order valence-corrected chi connectivity index (χ4v) is 4.60. The van der Waals surface area contributed by atoms with Gasteiger partial charge in [-0.3, -0.25) is 25.0 Å². The normalized spacial score (nSPS) is 14.1. The molecule has 42 heavy (non-hydrogen) atoms. The highest BCUT2D eigenvalue weighted by molar-refractivity contribution is 9.10. The number of hydrogen-bond donors (Lipinski definition) is 1. The van der Waals surface area contributed by atoms with Crippen LogP contribution in [0.1, 0.15) is 37.8 Å². The van der Waals surface area contributed by atoms with Gasteiger partial charge in [0.15, 0.2) is 11.5 Å². The lowest BCUT2D eigenvalue weighted by atomic mass is 10.1. The molecule has 0 atom stereocenters. The first-order valence-corrected chi connectivity index (χ1v) is 14.0. The Kier molecular flexibility index (Phi) is 9.92. The monoisotopic (exact) mass is 637 g/mol. The van der Waals surface area contributed by atoms with E-state index in [1.165, 1.54) is 18.2 Å². The van der Waals surface area contributed by atoms with Crippen LogP contribution in [0.3, 0.4) is 0 Å². The van der Waals surface area contributed by atoms with E-state index in [1.54, 1.807) is 55.5 Å². The van der Waals surface area contributed by atoms with Gasteiger partial charge in [0.2, 0.25) is 0 Å². The lowest BCUT2D eigenvalue weighted by Gasteiger charge is -2.26. The predicted molar refractivity (Wildman–Crippen MR) is 159 cm³/mol. The van der Waals surface area contributed by atoms with Crippen LogP contribution in [-0.4, -0.2) is 36.0 Å². The van der Waals surface area contributed by atoms with Crippen LogP contribution >= 0.6 is 15.9 Å². The number of hydrogen-bond acceptors (Lipinski definition) is 8. The number of urea groups is 1. The Bertz CT molecular complexity index is 1520. The number of halogens is 1. The van der Waals surface area contributed by atoms with Crippen molar-refractivity contribution in [3.63, 3.8) is 0 Å². The molecule has 1 aliphatic rings. The van der Waals surface area contributed by atoms with Crippen molar-refractivity contribution in [3.8, 4) is 17.2 Å². The molecule has 12 heteroatoms. The topological polar surface area (TPSA) is 137 Å². The fourth-order valence-electron chi connectivity index (χ4n) is 4.03. The van der Waals surface area contributed by atoms with Crippen molar-refractivity contribution in [2.75, 3.05) is 18.1 Å². The van der Waals surface area contributed by atoms with E-state index in [0.717, 1.165) is 17.7 Å². The van der Waals surface area contributed by atoms with Crippen LogP contribution < -0.4 is 24.4 Å². The van der Waals surface area contributed by atoms with Gasteiger partial charge in [0.1, 0.15) is 17.9 Å². The SMILES string of the molecule is CCCCOc1ccc(N2C(=O)NC(=O)/C(=C/c3cc(Br)c(OCc4ccc([N+](=O)[O-])cc4)c(OCC)c3)C2=O)cc1. The molecule has 4 rings (SSSR count). The largest absolute Gasteiger partial charge is 0.494 e. The van der Waals surface area contributed by atoms with Crippen molar-refractivity contribution in [3.05, 3.63) is 92.0 Å². The second-order valence-electron chi connectivity index (χ2n) is 9.13. The van der Waals surface area contributed by atoms with Crippen LogP contribution in [0.15, 0.2) is 70.7 Å². The second-order valence-corrected chi connectivity index (χ2v) is 9.98. The van der Waals surface area contributed by atoms with E-state index in [-0.39, 0.29) is 23.6 Å². The molecule has 3 aromatic rings. The third kappa shape index (κ3) is 7.13. The Morgan fingerprint density at radius 1 is 0.976 bits per heavy atom. The molecule has 0 aliphatic carbocycles. The first-order chi connectivity index (χ1) is 20.2. The standard InChI is InChI=1S/C30H28BrN3O8/c1-3-5-14-41-23-12-10-21(11-13-23)33-29(36)24(28(35)32-30(33)37)15-20-16-25(31)27(26(17-20)40-4-2)42-18-19-6-8-22(9-7-19)34(38)39/h6-13,15-17H,3-5,14,18H2,1-2H3,(H,32,35,37)/b24-15-. The first kappa shape index (κ1) is 30.3. The number of rotatable bonds is 12. The number of carbonyl (C=O) groups excluding carboxylic acids is 3. The molecule has 4 amide bonds. The molecule has 0 aromatic heterocycles. The van der Waals surface area contributed by atoms with Gasteiger partial charge in [0.25, 0.3) is 17.5 Å². The zero-order valence-electron chi connectivity index (χ0n) is 22.9. The predicted octanol–water partition coefficient (Wildman–Crippen LogP) is 6.18. The number of nitrogens with one attached hydrogen (secondary N) is 1. The minimum atomic E-state index is -0.854. The zero-order valence-corrected chi connectivity index (χ0v) is 24.5. The summed E-state index contributed by atoms with van der Waals surface area (Å²) in [5, 5.41) is 13.1. The van der Waals surface area contributed by atoms with Crippen molar-refractivity contribution in [1.29, 1.82) is 0 Å². The third-order valence-corrected chi connectivity index (χ3v) is 6.73. The first-order valence-electron chi connectivity index (χ1n) is 13.2. The molecule has 0 saturated carbocycles.